The fourth-order valence-corrected chi connectivity index (χ4v) is 0.945. The van der Waals surface area contributed by atoms with Gasteiger partial charge in [0, 0.05) is 0 Å². The SMILES string of the molecule is C=CC(=C)C(C)Oc1ccccc1. The van der Waals surface area contributed by atoms with Gasteiger partial charge >= 0.3 is 0 Å². The quantitative estimate of drug-likeness (QED) is 0.637. The molecule has 13 heavy (non-hydrogen) atoms. The number of para-hydroxylation sites is 1. The molecule has 0 saturated carbocycles. The fourth-order valence-electron chi connectivity index (χ4n) is 0.945. The van der Waals surface area contributed by atoms with E-state index in [0.717, 1.165) is 11.3 Å². The van der Waals surface area contributed by atoms with Crippen LogP contribution in [0.25, 0.3) is 0 Å². The Morgan fingerprint density at radius 3 is 2.54 bits per heavy atom. The predicted octanol–water partition coefficient (Wildman–Crippen LogP) is 3.20. The molecule has 68 valence electrons. The van der Waals surface area contributed by atoms with Crippen molar-refractivity contribution in [2.45, 2.75) is 13.0 Å². The third kappa shape index (κ3) is 2.79. The molecule has 0 heterocycles. The van der Waals surface area contributed by atoms with Gasteiger partial charge in [-0.15, -0.1) is 0 Å². The maximum Gasteiger partial charge on any atom is 0.120 e. The average Bonchev–Trinajstić information content (AvgIpc) is 2.18. The van der Waals surface area contributed by atoms with Gasteiger partial charge in [-0.1, -0.05) is 37.4 Å². The Balaban J connectivity index is 2.60. The van der Waals surface area contributed by atoms with Crippen molar-refractivity contribution in [3.8, 4) is 5.75 Å². The molecule has 0 radical (unpaired) electrons. The molecule has 1 aromatic rings. The fraction of sp³-hybridized carbons (Fsp3) is 0.167. The molecular weight excluding hydrogens is 160 g/mol. The van der Waals surface area contributed by atoms with Gasteiger partial charge in [0.15, 0.2) is 0 Å². The molecule has 0 saturated heterocycles. The van der Waals surface area contributed by atoms with Gasteiger partial charge in [0.2, 0.25) is 0 Å². The minimum atomic E-state index is -0.0140. The van der Waals surface area contributed by atoms with Crippen molar-refractivity contribution in [3.63, 3.8) is 0 Å². The molecular formula is C12H14O. The van der Waals surface area contributed by atoms with Gasteiger partial charge in [-0.2, -0.15) is 0 Å². The summed E-state index contributed by atoms with van der Waals surface area (Å²) in [5.41, 5.74) is 0.892. The molecule has 0 aromatic heterocycles. The Bertz CT molecular complexity index is 287. The van der Waals surface area contributed by atoms with Crippen molar-refractivity contribution in [1.82, 2.24) is 0 Å². The van der Waals surface area contributed by atoms with Crippen LogP contribution >= 0.6 is 0 Å². The lowest BCUT2D eigenvalue weighted by molar-refractivity contribution is 0.262. The molecule has 0 fully saturated rings. The summed E-state index contributed by atoms with van der Waals surface area (Å²) in [6.45, 7) is 9.43. The van der Waals surface area contributed by atoms with Crippen molar-refractivity contribution >= 4 is 0 Å². The van der Waals surface area contributed by atoms with E-state index >= 15 is 0 Å². The van der Waals surface area contributed by atoms with Crippen LogP contribution < -0.4 is 4.74 Å². The van der Waals surface area contributed by atoms with Crippen LogP contribution in [0.4, 0.5) is 0 Å². The summed E-state index contributed by atoms with van der Waals surface area (Å²) >= 11 is 0. The standard InChI is InChI=1S/C12H14O/c1-4-10(2)11(3)13-12-8-6-5-7-9-12/h4-9,11H,1-2H2,3H3. The van der Waals surface area contributed by atoms with E-state index in [1.54, 1.807) is 6.08 Å². The monoisotopic (exact) mass is 174 g/mol. The summed E-state index contributed by atoms with van der Waals surface area (Å²) in [5, 5.41) is 0. The van der Waals surface area contributed by atoms with Crippen LogP contribution in [0.5, 0.6) is 5.75 Å². The minimum absolute atomic E-state index is 0.0140. The highest BCUT2D eigenvalue weighted by molar-refractivity contribution is 5.24. The molecule has 0 N–H and O–H groups in total. The maximum atomic E-state index is 5.60. The highest BCUT2D eigenvalue weighted by Gasteiger charge is 2.03. The first-order valence-electron chi connectivity index (χ1n) is 4.27. The van der Waals surface area contributed by atoms with E-state index in [0.29, 0.717) is 0 Å². The molecule has 0 amide bonds. The van der Waals surface area contributed by atoms with Crippen LogP contribution in [0.1, 0.15) is 6.92 Å². The number of ether oxygens (including phenoxy) is 1. The summed E-state index contributed by atoms with van der Waals surface area (Å²) in [6, 6.07) is 9.69. The minimum Gasteiger partial charge on any atom is -0.486 e. The van der Waals surface area contributed by atoms with E-state index in [-0.39, 0.29) is 6.10 Å². The number of hydrogen-bond acceptors (Lipinski definition) is 1. The van der Waals surface area contributed by atoms with Gasteiger partial charge in [-0.3, -0.25) is 0 Å². The summed E-state index contributed by atoms with van der Waals surface area (Å²) in [7, 11) is 0. The molecule has 0 bridgehead atoms. The molecule has 1 unspecified atom stereocenters. The van der Waals surface area contributed by atoms with E-state index in [2.05, 4.69) is 13.2 Å². The second kappa shape index (κ2) is 4.51. The molecule has 1 atom stereocenters. The first kappa shape index (κ1) is 9.59. The van der Waals surface area contributed by atoms with E-state index in [1.165, 1.54) is 0 Å². The van der Waals surface area contributed by atoms with E-state index in [1.807, 2.05) is 37.3 Å². The predicted molar refractivity (Wildman–Crippen MR) is 55.9 cm³/mol. The van der Waals surface area contributed by atoms with E-state index in [9.17, 15) is 0 Å². The molecule has 0 aliphatic heterocycles. The Kier molecular flexibility index (Phi) is 3.32. The van der Waals surface area contributed by atoms with Crippen LogP contribution in [0, 0.1) is 0 Å². The zero-order valence-corrected chi connectivity index (χ0v) is 7.86. The normalized spacial score (nSPS) is 11.8. The number of rotatable bonds is 4. The largest absolute Gasteiger partial charge is 0.486 e. The lowest BCUT2D eigenvalue weighted by Crippen LogP contribution is -2.12. The van der Waals surface area contributed by atoms with Gasteiger partial charge in [-0.25, -0.2) is 0 Å². The summed E-state index contributed by atoms with van der Waals surface area (Å²) in [6.07, 6.45) is 1.70. The number of hydrogen-bond donors (Lipinski definition) is 0. The summed E-state index contributed by atoms with van der Waals surface area (Å²) in [4.78, 5) is 0. The van der Waals surface area contributed by atoms with Crippen LogP contribution in [-0.4, -0.2) is 6.10 Å². The average molecular weight is 174 g/mol. The first-order chi connectivity index (χ1) is 6.24. The van der Waals surface area contributed by atoms with E-state index < -0.39 is 0 Å². The second-order valence-corrected chi connectivity index (χ2v) is 2.85. The lowest BCUT2D eigenvalue weighted by Gasteiger charge is -2.14. The van der Waals surface area contributed by atoms with Crippen LogP contribution in [0.3, 0.4) is 0 Å². The maximum absolute atomic E-state index is 5.60. The zero-order valence-electron chi connectivity index (χ0n) is 7.86. The molecule has 1 nitrogen and oxygen atoms in total. The molecule has 1 aromatic carbocycles. The Hall–Kier alpha value is -1.50. The van der Waals surface area contributed by atoms with Gasteiger partial charge in [0.25, 0.3) is 0 Å². The van der Waals surface area contributed by atoms with Gasteiger partial charge in [0.05, 0.1) is 0 Å². The third-order valence-corrected chi connectivity index (χ3v) is 1.84. The topological polar surface area (TPSA) is 9.23 Å². The van der Waals surface area contributed by atoms with E-state index in [4.69, 9.17) is 4.74 Å². The zero-order chi connectivity index (χ0) is 9.68. The van der Waals surface area contributed by atoms with Gasteiger partial charge < -0.3 is 4.74 Å². The van der Waals surface area contributed by atoms with Gasteiger partial charge in [-0.05, 0) is 24.6 Å². The summed E-state index contributed by atoms with van der Waals surface area (Å²) in [5.74, 6) is 0.859. The Labute approximate surface area is 79.4 Å². The van der Waals surface area contributed by atoms with Crippen LogP contribution in [0.2, 0.25) is 0 Å². The smallest absolute Gasteiger partial charge is 0.120 e. The molecule has 0 aliphatic rings. The molecule has 1 rings (SSSR count). The van der Waals surface area contributed by atoms with Crippen molar-refractivity contribution in [2.24, 2.45) is 0 Å². The highest BCUT2D eigenvalue weighted by atomic mass is 16.5. The third-order valence-electron chi connectivity index (χ3n) is 1.84. The van der Waals surface area contributed by atoms with Crippen LogP contribution in [-0.2, 0) is 0 Å². The summed E-state index contributed by atoms with van der Waals surface area (Å²) < 4.78 is 5.60. The van der Waals surface area contributed by atoms with Gasteiger partial charge in [0.1, 0.15) is 11.9 Å². The van der Waals surface area contributed by atoms with Crippen LogP contribution in [0.15, 0.2) is 55.1 Å². The first-order valence-corrected chi connectivity index (χ1v) is 4.27. The van der Waals surface area contributed by atoms with Crippen molar-refractivity contribution < 1.29 is 4.74 Å². The van der Waals surface area contributed by atoms with Crippen molar-refractivity contribution in [3.05, 3.63) is 55.1 Å². The Morgan fingerprint density at radius 2 is 2.00 bits per heavy atom. The lowest BCUT2D eigenvalue weighted by atomic mass is 10.2. The molecule has 0 spiro atoms. The highest BCUT2D eigenvalue weighted by Crippen LogP contribution is 2.14. The number of benzene rings is 1. The molecule has 1 heteroatoms. The van der Waals surface area contributed by atoms with Crippen molar-refractivity contribution in [2.75, 3.05) is 0 Å². The molecule has 0 aliphatic carbocycles. The van der Waals surface area contributed by atoms with Crippen molar-refractivity contribution in [1.29, 1.82) is 0 Å². The Morgan fingerprint density at radius 1 is 1.38 bits per heavy atom. The second-order valence-electron chi connectivity index (χ2n) is 2.85.